The summed E-state index contributed by atoms with van der Waals surface area (Å²) in [4.78, 5) is 26.6. The number of ether oxygens (including phenoxy) is 1. The van der Waals surface area contributed by atoms with E-state index in [2.05, 4.69) is 6.92 Å². The Morgan fingerprint density at radius 2 is 2.04 bits per heavy atom. The zero-order chi connectivity index (χ0) is 18.0. The normalized spacial score (nSPS) is 16.4. The third kappa shape index (κ3) is 4.01. The fourth-order valence-electron chi connectivity index (χ4n) is 3.36. The van der Waals surface area contributed by atoms with Crippen LogP contribution in [-0.2, 0) is 17.6 Å². The molecule has 1 unspecified atom stereocenters. The van der Waals surface area contributed by atoms with E-state index in [4.69, 9.17) is 4.74 Å². The Hall–Kier alpha value is -1.94. The molecule has 1 aromatic carbocycles. The molecule has 1 aromatic heterocycles. The minimum atomic E-state index is -0.383. The zero-order valence-electron chi connectivity index (χ0n) is 15.1. The number of carbonyl (C=O) groups excluding carboxylic acids is 2. The van der Waals surface area contributed by atoms with Gasteiger partial charge in [0.25, 0.3) is 0 Å². The van der Waals surface area contributed by atoms with Crippen LogP contribution in [0, 0.1) is 19.8 Å². The van der Waals surface area contributed by atoms with Gasteiger partial charge in [0, 0.05) is 10.4 Å². The first kappa shape index (κ1) is 17.9. The lowest BCUT2D eigenvalue weighted by Crippen LogP contribution is -2.14. The largest absolute Gasteiger partial charge is 0.453 e. The van der Waals surface area contributed by atoms with Gasteiger partial charge >= 0.3 is 5.97 Å². The molecule has 0 spiro atoms. The Morgan fingerprint density at radius 3 is 2.80 bits per heavy atom. The van der Waals surface area contributed by atoms with Gasteiger partial charge in [-0.05, 0) is 62.3 Å². The second kappa shape index (κ2) is 7.52. The summed E-state index contributed by atoms with van der Waals surface area (Å²) in [6.45, 7) is 5.85. The number of rotatable bonds is 5. The van der Waals surface area contributed by atoms with Crippen LogP contribution >= 0.6 is 11.3 Å². The van der Waals surface area contributed by atoms with Gasteiger partial charge in [-0.25, -0.2) is 4.79 Å². The Morgan fingerprint density at radius 1 is 1.24 bits per heavy atom. The van der Waals surface area contributed by atoms with E-state index in [1.165, 1.54) is 34.6 Å². The van der Waals surface area contributed by atoms with Gasteiger partial charge in [-0.2, -0.15) is 0 Å². The Kier molecular flexibility index (Phi) is 5.38. The van der Waals surface area contributed by atoms with Gasteiger partial charge in [0.05, 0.1) is 0 Å². The van der Waals surface area contributed by atoms with Crippen molar-refractivity contribution in [1.29, 1.82) is 0 Å². The van der Waals surface area contributed by atoms with E-state index >= 15 is 0 Å². The lowest BCUT2D eigenvalue weighted by Gasteiger charge is -2.19. The van der Waals surface area contributed by atoms with Crippen LogP contribution in [0.4, 0.5) is 0 Å². The van der Waals surface area contributed by atoms with Crippen molar-refractivity contribution in [3.63, 3.8) is 0 Å². The third-order valence-electron chi connectivity index (χ3n) is 4.99. The van der Waals surface area contributed by atoms with Crippen LogP contribution in [0.25, 0.3) is 0 Å². The van der Waals surface area contributed by atoms with Gasteiger partial charge in [-0.15, -0.1) is 11.3 Å². The van der Waals surface area contributed by atoms with Crippen LogP contribution in [0.5, 0.6) is 0 Å². The summed E-state index contributed by atoms with van der Waals surface area (Å²) < 4.78 is 5.29. The average Bonchev–Trinajstić information content (AvgIpc) is 3.04. The van der Waals surface area contributed by atoms with Crippen molar-refractivity contribution in [2.45, 2.75) is 46.5 Å². The Balaban J connectivity index is 1.64. The summed E-state index contributed by atoms with van der Waals surface area (Å²) in [5.41, 5.74) is 3.85. The predicted octanol–water partition coefficient (Wildman–Crippen LogP) is 4.92. The van der Waals surface area contributed by atoms with Crippen LogP contribution in [0.15, 0.2) is 24.3 Å². The molecule has 1 heterocycles. The Labute approximate surface area is 153 Å². The molecule has 1 aliphatic rings. The number of fused-ring (bicyclic) bond motifs is 1. The molecule has 1 atom stereocenters. The lowest BCUT2D eigenvalue weighted by atomic mass is 9.87. The molecule has 0 amide bonds. The molecule has 3 nitrogen and oxygen atoms in total. The first-order chi connectivity index (χ1) is 12.0. The van der Waals surface area contributed by atoms with Crippen molar-refractivity contribution in [3.05, 3.63) is 56.3 Å². The fourth-order valence-corrected chi connectivity index (χ4v) is 4.47. The molecule has 2 aromatic rings. The van der Waals surface area contributed by atoms with E-state index in [1.807, 2.05) is 38.1 Å². The smallest absolute Gasteiger partial charge is 0.348 e. The standard InChI is InChI=1S/C21H24O3S/c1-4-15-7-8-19-16(10-15)11-20(25-19)21(23)24-12-18(22)17-9-13(2)5-6-14(17)3/h5-6,9,11,15H,4,7-8,10,12H2,1-3H3. The minimum Gasteiger partial charge on any atom is -0.453 e. The number of aryl methyl sites for hydroxylation is 3. The second-order valence-electron chi connectivity index (χ2n) is 6.89. The average molecular weight is 356 g/mol. The highest BCUT2D eigenvalue weighted by Gasteiger charge is 2.23. The molecule has 0 N–H and O–H groups in total. The van der Waals surface area contributed by atoms with Crippen LogP contribution in [-0.4, -0.2) is 18.4 Å². The van der Waals surface area contributed by atoms with E-state index in [9.17, 15) is 9.59 Å². The maximum absolute atomic E-state index is 12.4. The molecule has 1 aliphatic carbocycles. The zero-order valence-corrected chi connectivity index (χ0v) is 15.9. The molecular formula is C21H24O3S. The van der Waals surface area contributed by atoms with Gasteiger partial charge < -0.3 is 4.74 Å². The lowest BCUT2D eigenvalue weighted by molar-refractivity contribution is 0.0479. The highest BCUT2D eigenvalue weighted by Crippen LogP contribution is 2.33. The fraction of sp³-hybridized carbons (Fsp3) is 0.429. The summed E-state index contributed by atoms with van der Waals surface area (Å²) in [6, 6.07) is 7.70. The first-order valence-corrected chi connectivity index (χ1v) is 9.68. The molecule has 0 aliphatic heterocycles. The van der Waals surface area contributed by atoms with E-state index in [-0.39, 0.29) is 18.4 Å². The van der Waals surface area contributed by atoms with Crippen LogP contribution in [0.3, 0.4) is 0 Å². The summed E-state index contributed by atoms with van der Waals surface area (Å²) in [5, 5.41) is 0. The second-order valence-corrected chi connectivity index (χ2v) is 8.03. The maximum Gasteiger partial charge on any atom is 0.348 e. The minimum absolute atomic E-state index is 0.151. The quantitative estimate of drug-likeness (QED) is 0.564. The monoisotopic (exact) mass is 356 g/mol. The first-order valence-electron chi connectivity index (χ1n) is 8.87. The predicted molar refractivity (Wildman–Crippen MR) is 101 cm³/mol. The highest BCUT2D eigenvalue weighted by atomic mass is 32.1. The SMILES string of the molecule is CCC1CCc2sc(C(=O)OCC(=O)c3cc(C)ccc3C)cc2C1. The number of thiophene rings is 1. The van der Waals surface area contributed by atoms with Crippen molar-refractivity contribution in [3.8, 4) is 0 Å². The van der Waals surface area contributed by atoms with Gasteiger partial charge in [0.2, 0.25) is 5.78 Å². The number of ketones is 1. The topological polar surface area (TPSA) is 43.4 Å². The van der Waals surface area contributed by atoms with Crippen LogP contribution < -0.4 is 0 Å². The molecule has 25 heavy (non-hydrogen) atoms. The van der Waals surface area contributed by atoms with Gasteiger partial charge in [0.1, 0.15) is 4.88 Å². The molecule has 4 heteroatoms. The maximum atomic E-state index is 12.4. The van der Waals surface area contributed by atoms with Crippen molar-refractivity contribution in [2.75, 3.05) is 6.61 Å². The summed E-state index contributed by atoms with van der Waals surface area (Å²) >= 11 is 1.52. The number of benzene rings is 1. The molecule has 0 saturated carbocycles. The van der Waals surface area contributed by atoms with E-state index < -0.39 is 0 Å². The summed E-state index contributed by atoms with van der Waals surface area (Å²) in [6.07, 6.45) is 4.48. The molecule has 0 bridgehead atoms. The summed E-state index contributed by atoms with van der Waals surface area (Å²) in [7, 11) is 0. The molecule has 3 rings (SSSR count). The van der Waals surface area contributed by atoms with Crippen molar-refractivity contribution >= 4 is 23.1 Å². The molecule has 0 fully saturated rings. The van der Waals surface area contributed by atoms with Gasteiger partial charge in [0.15, 0.2) is 6.61 Å². The number of Topliss-reactive ketones (excluding diaryl/α,β-unsaturated/α-hetero) is 1. The van der Waals surface area contributed by atoms with Gasteiger partial charge in [-0.3, -0.25) is 4.79 Å². The van der Waals surface area contributed by atoms with Gasteiger partial charge in [-0.1, -0.05) is 31.0 Å². The Bertz CT molecular complexity index is 803. The van der Waals surface area contributed by atoms with E-state index in [1.54, 1.807) is 0 Å². The number of hydrogen-bond donors (Lipinski definition) is 0. The molecule has 132 valence electrons. The van der Waals surface area contributed by atoms with Crippen LogP contribution in [0.1, 0.15) is 61.4 Å². The molecule has 0 saturated heterocycles. The van der Waals surface area contributed by atoms with E-state index in [0.717, 1.165) is 29.9 Å². The van der Waals surface area contributed by atoms with E-state index in [0.29, 0.717) is 10.4 Å². The molecular weight excluding hydrogens is 332 g/mol. The number of carbonyl (C=O) groups is 2. The highest BCUT2D eigenvalue weighted by molar-refractivity contribution is 7.14. The summed E-state index contributed by atoms with van der Waals surface area (Å²) in [5.74, 6) is 0.185. The molecule has 0 radical (unpaired) electrons. The van der Waals surface area contributed by atoms with Crippen molar-refractivity contribution < 1.29 is 14.3 Å². The van der Waals surface area contributed by atoms with Crippen molar-refractivity contribution in [1.82, 2.24) is 0 Å². The third-order valence-corrected chi connectivity index (χ3v) is 6.21. The van der Waals surface area contributed by atoms with Crippen molar-refractivity contribution in [2.24, 2.45) is 5.92 Å². The number of hydrogen-bond acceptors (Lipinski definition) is 4. The van der Waals surface area contributed by atoms with Crippen LogP contribution in [0.2, 0.25) is 0 Å². The number of esters is 1.